The van der Waals surface area contributed by atoms with Crippen molar-refractivity contribution in [2.24, 2.45) is 0 Å². The number of aromatic nitrogens is 2. The van der Waals surface area contributed by atoms with Crippen LogP contribution in [0.4, 0.5) is 5.82 Å². The molecule has 27 heavy (non-hydrogen) atoms. The zero-order valence-corrected chi connectivity index (χ0v) is 14.9. The minimum atomic E-state index is -1.13. The van der Waals surface area contributed by atoms with E-state index in [9.17, 15) is 9.90 Å². The average Bonchev–Trinajstić information content (AvgIpc) is 3.11. The van der Waals surface area contributed by atoms with Gasteiger partial charge in [-0.05, 0) is 43.3 Å². The number of hydrogen-bond acceptors (Lipinski definition) is 7. The van der Waals surface area contributed by atoms with Gasteiger partial charge in [0, 0.05) is 11.8 Å². The van der Waals surface area contributed by atoms with E-state index in [0.717, 1.165) is 0 Å². The minimum Gasteiger partial charge on any atom is -0.497 e. The summed E-state index contributed by atoms with van der Waals surface area (Å²) in [6.45, 7) is 2.19. The molecule has 0 fully saturated rings. The normalized spacial score (nSPS) is 11.6. The third kappa shape index (κ3) is 4.35. The average molecular weight is 369 g/mol. The van der Waals surface area contributed by atoms with E-state index in [4.69, 9.17) is 14.0 Å². The van der Waals surface area contributed by atoms with Gasteiger partial charge in [0.2, 0.25) is 0 Å². The van der Waals surface area contributed by atoms with E-state index < -0.39 is 5.97 Å². The Morgan fingerprint density at radius 1 is 1.26 bits per heavy atom. The number of anilines is 1. The Bertz CT molecular complexity index is 893. The molecule has 0 bridgehead atoms. The molecular weight excluding hydrogens is 350 g/mol. The van der Waals surface area contributed by atoms with Crippen molar-refractivity contribution in [2.45, 2.75) is 13.0 Å². The Kier molecular flexibility index (Phi) is 5.55. The first-order chi connectivity index (χ1) is 13.1. The monoisotopic (exact) mass is 369 g/mol. The number of aromatic carboxylic acids is 1. The van der Waals surface area contributed by atoms with Crippen LogP contribution in [-0.4, -0.2) is 41.0 Å². The molecule has 0 saturated heterocycles. The van der Waals surface area contributed by atoms with Gasteiger partial charge in [-0.1, -0.05) is 5.16 Å². The molecule has 0 radical (unpaired) electrons. The van der Waals surface area contributed by atoms with Gasteiger partial charge in [0.05, 0.1) is 19.9 Å². The maximum absolute atomic E-state index is 11.7. The molecular formula is C19H19N3O5. The molecule has 1 unspecified atom stereocenters. The number of carboxylic acid groups (broad SMARTS) is 1. The Morgan fingerprint density at radius 2 is 2.04 bits per heavy atom. The number of ether oxygens (including phenoxy) is 2. The highest BCUT2D eigenvalue weighted by molar-refractivity contribution is 5.99. The lowest BCUT2D eigenvalue weighted by Crippen LogP contribution is -2.23. The lowest BCUT2D eigenvalue weighted by atomic mass is 10.1. The highest BCUT2D eigenvalue weighted by Gasteiger charge is 2.24. The second-order valence-electron chi connectivity index (χ2n) is 5.77. The molecule has 0 aliphatic carbocycles. The van der Waals surface area contributed by atoms with E-state index in [1.54, 1.807) is 55.9 Å². The standard InChI is InChI=1S/C19H19N3O5/c1-12(26-15-4-3-9-20-11-15)10-21-18-16(19(23)24)17(27-22-18)13-5-7-14(25-2)8-6-13/h3-9,11-12H,10H2,1-2H3,(H,21,22)(H,23,24). The maximum atomic E-state index is 11.7. The van der Waals surface area contributed by atoms with Gasteiger partial charge in [0.15, 0.2) is 17.1 Å². The molecule has 1 atom stereocenters. The van der Waals surface area contributed by atoms with Crippen LogP contribution in [0.3, 0.4) is 0 Å². The van der Waals surface area contributed by atoms with Gasteiger partial charge >= 0.3 is 5.97 Å². The fourth-order valence-corrected chi connectivity index (χ4v) is 2.48. The second kappa shape index (κ2) is 8.22. The smallest absolute Gasteiger partial charge is 0.343 e. The molecule has 0 saturated carbocycles. The van der Waals surface area contributed by atoms with Crippen molar-refractivity contribution in [3.05, 3.63) is 54.4 Å². The molecule has 3 aromatic rings. The molecule has 2 heterocycles. The molecule has 3 rings (SSSR count). The highest BCUT2D eigenvalue weighted by Crippen LogP contribution is 2.30. The summed E-state index contributed by atoms with van der Waals surface area (Å²) in [6.07, 6.45) is 3.03. The summed E-state index contributed by atoms with van der Waals surface area (Å²) in [6, 6.07) is 10.4. The largest absolute Gasteiger partial charge is 0.497 e. The van der Waals surface area contributed by atoms with E-state index in [0.29, 0.717) is 23.6 Å². The van der Waals surface area contributed by atoms with Crippen LogP contribution in [0, 0.1) is 0 Å². The third-order valence-corrected chi connectivity index (χ3v) is 3.79. The molecule has 8 nitrogen and oxygen atoms in total. The van der Waals surface area contributed by atoms with E-state index in [1.807, 2.05) is 6.92 Å². The first kappa shape index (κ1) is 18.2. The fraction of sp³-hybridized carbons (Fsp3) is 0.211. The molecule has 2 N–H and O–H groups in total. The first-order valence-electron chi connectivity index (χ1n) is 8.26. The SMILES string of the molecule is COc1ccc(-c2onc(NCC(C)Oc3cccnc3)c2C(=O)O)cc1. The van der Waals surface area contributed by atoms with Gasteiger partial charge in [-0.2, -0.15) is 0 Å². The Morgan fingerprint density at radius 3 is 2.67 bits per heavy atom. The molecule has 1 aromatic carbocycles. The quantitative estimate of drug-likeness (QED) is 0.623. The van der Waals surface area contributed by atoms with Crippen LogP contribution < -0.4 is 14.8 Å². The number of carboxylic acids is 1. The van der Waals surface area contributed by atoms with Crippen LogP contribution in [0.2, 0.25) is 0 Å². The zero-order valence-electron chi connectivity index (χ0n) is 14.9. The number of nitrogens with zero attached hydrogens (tertiary/aromatic N) is 2. The lowest BCUT2D eigenvalue weighted by molar-refractivity contribution is 0.0698. The number of rotatable bonds is 8. The van der Waals surface area contributed by atoms with Crippen molar-refractivity contribution in [1.82, 2.24) is 10.1 Å². The Balaban J connectivity index is 1.73. The Labute approximate surface area is 155 Å². The molecule has 2 aromatic heterocycles. The van der Waals surface area contributed by atoms with Gasteiger partial charge in [-0.25, -0.2) is 4.79 Å². The number of hydrogen-bond donors (Lipinski definition) is 2. The van der Waals surface area contributed by atoms with Crippen molar-refractivity contribution in [3.63, 3.8) is 0 Å². The van der Waals surface area contributed by atoms with E-state index in [-0.39, 0.29) is 23.2 Å². The summed E-state index contributed by atoms with van der Waals surface area (Å²) in [5.41, 5.74) is 0.558. The van der Waals surface area contributed by atoms with Crippen LogP contribution in [0.5, 0.6) is 11.5 Å². The van der Waals surface area contributed by atoms with Crippen LogP contribution in [0.25, 0.3) is 11.3 Å². The van der Waals surface area contributed by atoms with Crippen LogP contribution in [0.1, 0.15) is 17.3 Å². The molecule has 140 valence electrons. The first-order valence-corrected chi connectivity index (χ1v) is 8.26. The number of pyridine rings is 1. The van der Waals surface area contributed by atoms with Gasteiger partial charge < -0.3 is 24.4 Å². The van der Waals surface area contributed by atoms with Crippen molar-refractivity contribution in [3.8, 4) is 22.8 Å². The molecule has 0 aliphatic rings. The summed E-state index contributed by atoms with van der Waals surface area (Å²) in [4.78, 5) is 15.7. The van der Waals surface area contributed by atoms with Crippen LogP contribution >= 0.6 is 0 Å². The summed E-state index contributed by atoms with van der Waals surface area (Å²) < 4.78 is 16.1. The van der Waals surface area contributed by atoms with Crippen LogP contribution in [0.15, 0.2) is 53.3 Å². The molecule has 0 amide bonds. The third-order valence-electron chi connectivity index (χ3n) is 3.79. The topological polar surface area (TPSA) is 107 Å². The summed E-state index contributed by atoms with van der Waals surface area (Å²) in [5.74, 6) is 0.480. The van der Waals surface area contributed by atoms with Gasteiger partial charge in [0.1, 0.15) is 17.6 Å². The summed E-state index contributed by atoms with van der Waals surface area (Å²) in [7, 11) is 1.56. The van der Waals surface area contributed by atoms with E-state index >= 15 is 0 Å². The minimum absolute atomic E-state index is 0.0336. The number of benzene rings is 1. The lowest BCUT2D eigenvalue weighted by Gasteiger charge is -2.14. The maximum Gasteiger partial charge on any atom is 0.343 e. The van der Waals surface area contributed by atoms with Crippen LogP contribution in [-0.2, 0) is 0 Å². The molecule has 0 spiro atoms. The predicted molar refractivity (Wildman–Crippen MR) is 98.3 cm³/mol. The zero-order chi connectivity index (χ0) is 19.2. The number of nitrogens with one attached hydrogen (secondary N) is 1. The second-order valence-corrected chi connectivity index (χ2v) is 5.77. The van der Waals surface area contributed by atoms with Crippen molar-refractivity contribution >= 4 is 11.8 Å². The van der Waals surface area contributed by atoms with E-state index in [1.165, 1.54) is 0 Å². The Hall–Kier alpha value is -3.55. The van der Waals surface area contributed by atoms with Crippen molar-refractivity contribution < 1.29 is 23.9 Å². The molecule has 0 aliphatic heterocycles. The number of carbonyl (C=O) groups is 1. The fourth-order valence-electron chi connectivity index (χ4n) is 2.48. The highest BCUT2D eigenvalue weighted by atomic mass is 16.5. The summed E-state index contributed by atoms with van der Waals surface area (Å²) in [5, 5.41) is 16.4. The summed E-state index contributed by atoms with van der Waals surface area (Å²) >= 11 is 0. The van der Waals surface area contributed by atoms with Gasteiger partial charge in [-0.3, -0.25) is 4.98 Å². The molecule has 8 heteroatoms. The predicted octanol–water partition coefficient (Wildman–Crippen LogP) is 3.32. The van der Waals surface area contributed by atoms with Crippen molar-refractivity contribution in [1.29, 1.82) is 0 Å². The van der Waals surface area contributed by atoms with Gasteiger partial charge in [0.25, 0.3) is 0 Å². The van der Waals surface area contributed by atoms with Gasteiger partial charge in [-0.15, -0.1) is 0 Å². The number of methoxy groups -OCH3 is 1. The van der Waals surface area contributed by atoms with Crippen molar-refractivity contribution in [2.75, 3.05) is 19.0 Å². The van der Waals surface area contributed by atoms with E-state index in [2.05, 4.69) is 15.5 Å².